The van der Waals surface area contributed by atoms with E-state index in [4.69, 9.17) is 5.73 Å². The van der Waals surface area contributed by atoms with Crippen LogP contribution in [-0.4, -0.2) is 5.91 Å². The Balaban J connectivity index is 2.01. The van der Waals surface area contributed by atoms with Crippen LogP contribution in [0.4, 0.5) is 0 Å². The molecule has 1 fully saturated rings. The maximum Gasteiger partial charge on any atom is 0.223 e. The molecular formula is C15H21NO. The smallest absolute Gasteiger partial charge is 0.223 e. The van der Waals surface area contributed by atoms with Gasteiger partial charge in [-0.05, 0) is 31.2 Å². The fraction of sp³-hybridized carbons (Fsp3) is 0.533. The second kappa shape index (κ2) is 5.35. The zero-order valence-electron chi connectivity index (χ0n) is 10.3. The van der Waals surface area contributed by atoms with Crippen LogP contribution in [0.3, 0.4) is 0 Å². The molecular weight excluding hydrogens is 210 g/mol. The molecule has 2 heteroatoms. The van der Waals surface area contributed by atoms with Crippen molar-refractivity contribution in [3.05, 3.63) is 35.9 Å². The van der Waals surface area contributed by atoms with E-state index in [1.807, 2.05) is 18.2 Å². The van der Waals surface area contributed by atoms with Crippen molar-refractivity contribution >= 4 is 5.91 Å². The summed E-state index contributed by atoms with van der Waals surface area (Å²) in [6, 6.07) is 10.4. The molecule has 1 saturated carbocycles. The molecule has 1 aliphatic rings. The molecule has 0 unspecified atom stereocenters. The number of hydrogen-bond donors (Lipinski definition) is 1. The van der Waals surface area contributed by atoms with Crippen molar-refractivity contribution in [2.45, 2.75) is 44.9 Å². The van der Waals surface area contributed by atoms with Crippen LogP contribution in [0.1, 0.15) is 44.1 Å². The summed E-state index contributed by atoms with van der Waals surface area (Å²) in [4.78, 5) is 11.7. The molecule has 2 nitrogen and oxygen atoms in total. The summed E-state index contributed by atoms with van der Waals surface area (Å²) in [5, 5.41) is 0. The molecule has 0 heterocycles. The van der Waals surface area contributed by atoms with Crippen molar-refractivity contribution in [2.24, 2.45) is 11.1 Å². The summed E-state index contributed by atoms with van der Waals surface area (Å²) >= 11 is 0. The number of amides is 1. The molecule has 0 atom stereocenters. The predicted molar refractivity (Wildman–Crippen MR) is 69.5 cm³/mol. The van der Waals surface area contributed by atoms with E-state index in [9.17, 15) is 4.79 Å². The highest BCUT2D eigenvalue weighted by Gasteiger charge is 2.37. The third kappa shape index (κ3) is 2.87. The average Bonchev–Trinajstić information content (AvgIpc) is 2.38. The average molecular weight is 231 g/mol. The Morgan fingerprint density at radius 2 is 1.76 bits per heavy atom. The van der Waals surface area contributed by atoms with E-state index in [2.05, 4.69) is 12.1 Å². The van der Waals surface area contributed by atoms with Crippen molar-refractivity contribution in [3.63, 3.8) is 0 Å². The largest absolute Gasteiger partial charge is 0.369 e. The number of aryl methyl sites for hydroxylation is 1. The predicted octanol–water partition coefficient (Wildman–Crippen LogP) is 3.06. The highest BCUT2D eigenvalue weighted by Crippen LogP contribution is 2.39. The monoisotopic (exact) mass is 231 g/mol. The van der Waals surface area contributed by atoms with E-state index in [1.54, 1.807) is 0 Å². The third-order valence-electron chi connectivity index (χ3n) is 4.07. The molecule has 0 bridgehead atoms. The molecule has 0 spiro atoms. The van der Waals surface area contributed by atoms with Crippen LogP contribution in [0, 0.1) is 5.41 Å². The lowest BCUT2D eigenvalue weighted by atomic mass is 9.70. The normalized spacial score (nSPS) is 18.8. The van der Waals surface area contributed by atoms with Gasteiger partial charge in [0.2, 0.25) is 5.91 Å². The van der Waals surface area contributed by atoms with E-state index in [0.29, 0.717) is 0 Å². The molecule has 0 aliphatic heterocycles. The molecule has 17 heavy (non-hydrogen) atoms. The summed E-state index contributed by atoms with van der Waals surface area (Å²) in [6.45, 7) is 0. The molecule has 1 aliphatic carbocycles. The molecule has 0 radical (unpaired) electrons. The number of benzene rings is 1. The lowest BCUT2D eigenvalue weighted by molar-refractivity contribution is -0.130. The summed E-state index contributed by atoms with van der Waals surface area (Å²) in [5.74, 6) is -0.0897. The van der Waals surface area contributed by atoms with Gasteiger partial charge >= 0.3 is 0 Å². The minimum atomic E-state index is -0.228. The topological polar surface area (TPSA) is 43.1 Å². The van der Waals surface area contributed by atoms with Crippen LogP contribution >= 0.6 is 0 Å². The molecule has 92 valence electrons. The minimum Gasteiger partial charge on any atom is -0.369 e. The molecule has 2 N–H and O–H groups in total. The Hall–Kier alpha value is -1.31. The quantitative estimate of drug-likeness (QED) is 0.850. The fourth-order valence-electron chi connectivity index (χ4n) is 2.88. The zero-order chi connectivity index (χ0) is 12.1. The van der Waals surface area contributed by atoms with Crippen molar-refractivity contribution in [1.29, 1.82) is 0 Å². The first-order valence-electron chi connectivity index (χ1n) is 6.57. The molecule has 2 rings (SSSR count). The Bertz CT molecular complexity index is 366. The maximum atomic E-state index is 11.7. The minimum absolute atomic E-state index is 0.0897. The number of carbonyl (C=O) groups is 1. The standard InChI is InChI=1S/C15H21NO/c16-14(17)15(10-5-2-6-11-15)12-9-13-7-3-1-4-8-13/h1,3-4,7-8H,2,5-6,9-12H2,(H2,16,17). The summed E-state index contributed by atoms with van der Waals surface area (Å²) < 4.78 is 0. The van der Waals surface area contributed by atoms with Gasteiger partial charge in [0, 0.05) is 5.41 Å². The highest BCUT2D eigenvalue weighted by atomic mass is 16.1. The van der Waals surface area contributed by atoms with Gasteiger partial charge in [0.25, 0.3) is 0 Å². The van der Waals surface area contributed by atoms with Crippen LogP contribution in [-0.2, 0) is 11.2 Å². The molecule has 1 aromatic rings. The van der Waals surface area contributed by atoms with Crippen LogP contribution in [0.2, 0.25) is 0 Å². The summed E-state index contributed by atoms with van der Waals surface area (Å²) in [6.07, 6.45) is 7.39. The SMILES string of the molecule is NC(=O)C1(CCc2ccccc2)CCCCC1. The van der Waals surface area contributed by atoms with Gasteiger partial charge in [-0.2, -0.15) is 0 Å². The first kappa shape index (κ1) is 12.2. The Kier molecular flexibility index (Phi) is 3.82. The van der Waals surface area contributed by atoms with Crippen molar-refractivity contribution < 1.29 is 4.79 Å². The number of carbonyl (C=O) groups excluding carboxylic acids is 1. The van der Waals surface area contributed by atoms with Gasteiger partial charge in [-0.1, -0.05) is 49.6 Å². The Morgan fingerprint density at radius 3 is 2.35 bits per heavy atom. The number of nitrogens with two attached hydrogens (primary N) is 1. The van der Waals surface area contributed by atoms with E-state index < -0.39 is 0 Å². The zero-order valence-corrected chi connectivity index (χ0v) is 10.3. The van der Waals surface area contributed by atoms with Gasteiger partial charge < -0.3 is 5.73 Å². The number of hydrogen-bond acceptors (Lipinski definition) is 1. The van der Waals surface area contributed by atoms with Crippen LogP contribution < -0.4 is 5.73 Å². The fourth-order valence-corrected chi connectivity index (χ4v) is 2.88. The molecule has 0 saturated heterocycles. The van der Waals surface area contributed by atoms with Crippen molar-refractivity contribution in [1.82, 2.24) is 0 Å². The second-order valence-electron chi connectivity index (χ2n) is 5.19. The van der Waals surface area contributed by atoms with Crippen LogP contribution in [0.25, 0.3) is 0 Å². The summed E-state index contributed by atoms with van der Waals surface area (Å²) in [7, 11) is 0. The van der Waals surface area contributed by atoms with E-state index in [0.717, 1.165) is 38.5 Å². The maximum absolute atomic E-state index is 11.7. The molecule has 1 aromatic carbocycles. The van der Waals surface area contributed by atoms with Crippen LogP contribution in [0.5, 0.6) is 0 Å². The number of primary amides is 1. The van der Waals surface area contributed by atoms with Crippen molar-refractivity contribution in [2.75, 3.05) is 0 Å². The van der Waals surface area contributed by atoms with Gasteiger partial charge in [0.05, 0.1) is 0 Å². The summed E-state index contributed by atoms with van der Waals surface area (Å²) in [5.41, 5.74) is 6.70. The second-order valence-corrected chi connectivity index (χ2v) is 5.19. The van der Waals surface area contributed by atoms with Crippen molar-refractivity contribution in [3.8, 4) is 0 Å². The first-order valence-corrected chi connectivity index (χ1v) is 6.57. The third-order valence-corrected chi connectivity index (χ3v) is 4.07. The first-order chi connectivity index (χ1) is 8.23. The van der Waals surface area contributed by atoms with Gasteiger partial charge in [-0.25, -0.2) is 0 Å². The highest BCUT2D eigenvalue weighted by molar-refractivity contribution is 5.80. The van der Waals surface area contributed by atoms with Gasteiger partial charge in [-0.3, -0.25) is 4.79 Å². The van der Waals surface area contributed by atoms with Crippen LogP contribution in [0.15, 0.2) is 30.3 Å². The van der Waals surface area contributed by atoms with Gasteiger partial charge in [-0.15, -0.1) is 0 Å². The molecule has 1 amide bonds. The molecule has 0 aromatic heterocycles. The lowest BCUT2D eigenvalue weighted by Gasteiger charge is -2.34. The van der Waals surface area contributed by atoms with E-state index in [1.165, 1.54) is 12.0 Å². The number of rotatable bonds is 4. The Labute approximate surface area is 103 Å². The van der Waals surface area contributed by atoms with Gasteiger partial charge in [0.1, 0.15) is 0 Å². The van der Waals surface area contributed by atoms with E-state index >= 15 is 0 Å². The van der Waals surface area contributed by atoms with E-state index in [-0.39, 0.29) is 11.3 Å². The lowest BCUT2D eigenvalue weighted by Crippen LogP contribution is -2.39. The van der Waals surface area contributed by atoms with Gasteiger partial charge in [0.15, 0.2) is 0 Å². The Morgan fingerprint density at radius 1 is 1.12 bits per heavy atom.